The zero-order valence-corrected chi connectivity index (χ0v) is 60.9. The van der Waals surface area contributed by atoms with Crippen LogP contribution in [-0.4, -0.2) is 164 Å². The highest BCUT2D eigenvalue weighted by molar-refractivity contribution is 7.93. The number of para-hydroxylation sites is 1. The van der Waals surface area contributed by atoms with Crippen molar-refractivity contribution in [3.05, 3.63) is 229 Å². The molecule has 0 bridgehead atoms. The molecule has 540 valence electrons. The number of carbonyl (C=O) groups is 2. The standard InChI is InChI=1S/C25H27N5O3S2.C24H24N6O2S2.C23H22FN5O3S2.4H2/c1-18-17-28(21-7-9-22(10-8-21)35(32,33)27-25-26-12-16-34-25)14-15-29(18)24(31)19(2)30-13-11-20-5-3-4-6-23(20)30;31-34(32,28-23-10-11-25-18-26-23)22-8-6-21(7-9-22)30-14-12-29(13-15-30)16-20-17-33-24(27-20)19-4-2-1-3-5-19;24-20-2-1-3-21-19(20)8-10-29(21)16-22(30)28-13-11-27(12-14-28)17-4-6-18(7-5-17)34(31,32)26-23-25-9-15-33-23;;;;/h3-13,16,18-19H,14-15,17H2,1-2H3,(H,26,27);1-11,17-18H,12-16H2,(H,25,26,28);1-10,15H,11-14,16H2,(H,25,26);4*1H/t18?,19-;;;;;;/m0....../s1. The summed E-state index contributed by atoms with van der Waals surface area (Å²) in [4.78, 5) is 60.0. The highest BCUT2D eigenvalue weighted by Gasteiger charge is 2.32. The van der Waals surface area contributed by atoms with Gasteiger partial charge in [-0.1, -0.05) is 54.6 Å². The van der Waals surface area contributed by atoms with Gasteiger partial charge in [0, 0.05) is 171 Å². The van der Waals surface area contributed by atoms with Gasteiger partial charge in [0.15, 0.2) is 10.3 Å². The van der Waals surface area contributed by atoms with Crippen LogP contribution in [-0.2, 0) is 52.7 Å². The zero-order chi connectivity index (χ0) is 71.7. The molecule has 0 saturated carbocycles. The first-order chi connectivity index (χ1) is 49.8. The number of anilines is 6. The van der Waals surface area contributed by atoms with Gasteiger partial charge in [0.2, 0.25) is 11.8 Å². The van der Waals surface area contributed by atoms with Gasteiger partial charge in [0.05, 0.1) is 25.9 Å². The number of hydrogen-bond donors (Lipinski definition) is 3. The SMILES string of the molecule is CC1CN(c2ccc(S(=O)(=O)Nc3nccs3)cc2)CCN1C(=O)[C@H](C)n1ccc2ccccc21.O=C(Cn1ccc2c(F)cccc21)N1CCN(c2ccc(S(=O)(=O)Nc3nccs3)cc2)CC1.O=S(=O)(Nc1ccncn1)c1ccc(N2CCN(Cc3csc(-c4ccccc4)n3)CC2)cc1.[HH].[HH].[HH].[HH]. The number of rotatable bonds is 19. The van der Waals surface area contributed by atoms with Crippen molar-refractivity contribution in [3.63, 3.8) is 0 Å². The van der Waals surface area contributed by atoms with E-state index in [0.29, 0.717) is 67.0 Å². The minimum atomic E-state index is -3.70. The van der Waals surface area contributed by atoms with Gasteiger partial charge in [-0.05, 0) is 128 Å². The molecule has 0 spiro atoms. The molecule has 0 radical (unpaired) electrons. The highest BCUT2D eigenvalue weighted by Crippen LogP contribution is 2.30. The lowest BCUT2D eigenvalue weighted by molar-refractivity contribution is -0.136. The Morgan fingerprint density at radius 3 is 1.72 bits per heavy atom. The maximum Gasteiger partial charge on any atom is 0.263 e. The number of thiazole rings is 3. The van der Waals surface area contributed by atoms with Crippen LogP contribution >= 0.6 is 34.0 Å². The molecule has 24 nitrogen and oxygen atoms in total. The molecule has 2 amide bonds. The van der Waals surface area contributed by atoms with Crippen molar-refractivity contribution in [2.45, 2.75) is 53.7 Å². The fourth-order valence-corrected chi connectivity index (χ4v) is 17.9. The second kappa shape index (κ2) is 31.6. The number of halogens is 1. The quantitative estimate of drug-likeness (QED) is 0.0679. The van der Waals surface area contributed by atoms with E-state index in [-0.39, 0.29) is 62.5 Å². The molecule has 6 aromatic carbocycles. The topological polar surface area (TPSA) is 266 Å². The molecule has 9 heterocycles. The van der Waals surface area contributed by atoms with Crippen LogP contribution in [0, 0.1) is 5.82 Å². The Balaban J connectivity index is 0.000000182. The van der Waals surface area contributed by atoms with Gasteiger partial charge >= 0.3 is 0 Å². The Morgan fingerprint density at radius 1 is 0.573 bits per heavy atom. The average Bonchev–Trinajstić information content (AvgIpc) is 1.72. The summed E-state index contributed by atoms with van der Waals surface area (Å²) in [6.45, 7) is 12.9. The van der Waals surface area contributed by atoms with E-state index >= 15 is 0 Å². The Bertz CT molecular complexity index is 5220. The van der Waals surface area contributed by atoms with Crippen molar-refractivity contribution in [3.8, 4) is 10.6 Å². The van der Waals surface area contributed by atoms with Crippen LogP contribution in [0.3, 0.4) is 0 Å². The lowest BCUT2D eigenvalue weighted by Crippen LogP contribution is -2.55. The summed E-state index contributed by atoms with van der Waals surface area (Å²) >= 11 is 4.13. The fourth-order valence-electron chi connectivity index (χ4n) is 12.5. The van der Waals surface area contributed by atoms with Gasteiger partial charge in [-0.15, -0.1) is 34.0 Å². The summed E-state index contributed by atoms with van der Waals surface area (Å²) in [7, 11) is -11.1. The smallest absolute Gasteiger partial charge is 0.263 e. The molecule has 0 aliphatic carbocycles. The lowest BCUT2D eigenvalue weighted by atomic mass is 10.1. The molecule has 1 unspecified atom stereocenters. The summed E-state index contributed by atoms with van der Waals surface area (Å²) in [5, 5.41) is 8.90. The van der Waals surface area contributed by atoms with Gasteiger partial charge < -0.3 is 33.6 Å². The second-order valence-electron chi connectivity index (χ2n) is 24.6. The number of nitrogens with zero attached hydrogens (tertiary/aromatic N) is 13. The molecule has 103 heavy (non-hydrogen) atoms. The predicted molar refractivity (Wildman–Crippen MR) is 412 cm³/mol. The lowest BCUT2D eigenvalue weighted by Gasteiger charge is -2.42. The minimum absolute atomic E-state index is 0. The highest BCUT2D eigenvalue weighted by atomic mass is 32.2. The van der Waals surface area contributed by atoms with Crippen LogP contribution in [0.5, 0.6) is 0 Å². The Morgan fingerprint density at radius 2 is 1.14 bits per heavy atom. The van der Waals surface area contributed by atoms with Crippen molar-refractivity contribution in [1.29, 1.82) is 0 Å². The monoisotopic (exact) mass is 1510 g/mol. The molecule has 31 heteroatoms. The minimum Gasteiger partial charge on any atom is -0.369 e. The van der Waals surface area contributed by atoms with Crippen molar-refractivity contribution in [1.82, 2.24) is 48.8 Å². The number of sulfonamides is 3. The summed E-state index contributed by atoms with van der Waals surface area (Å²) < 4.78 is 101. The number of hydrogen-bond acceptors (Lipinski definition) is 20. The van der Waals surface area contributed by atoms with Crippen LogP contribution in [0.15, 0.2) is 232 Å². The molecular formula is C72H81FN16O8S6. The van der Waals surface area contributed by atoms with E-state index in [4.69, 9.17) is 4.98 Å². The number of aromatic nitrogens is 7. The van der Waals surface area contributed by atoms with Crippen LogP contribution in [0.1, 0.15) is 31.3 Å². The van der Waals surface area contributed by atoms with E-state index in [9.17, 15) is 39.2 Å². The van der Waals surface area contributed by atoms with E-state index in [2.05, 4.69) is 84.2 Å². The molecule has 15 rings (SSSR count). The van der Waals surface area contributed by atoms with E-state index in [0.717, 1.165) is 77.0 Å². The van der Waals surface area contributed by atoms with Gasteiger partial charge in [-0.25, -0.2) is 54.6 Å². The molecule has 3 fully saturated rings. The van der Waals surface area contributed by atoms with Crippen molar-refractivity contribution in [2.24, 2.45) is 0 Å². The van der Waals surface area contributed by atoms with E-state index in [1.807, 2.05) is 89.3 Å². The predicted octanol–water partition coefficient (Wildman–Crippen LogP) is 12.3. The fraction of sp³-hybridized carbons (Fsp3) is 0.236. The number of amides is 2. The van der Waals surface area contributed by atoms with Crippen LogP contribution in [0.25, 0.3) is 32.4 Å². The van der Waals surface area contributed by atoms with Crippen LogP contribution in [0.4, 0.5) is 37.5 Å². The van der Waals surface area contributed by atoms with Crippen LogP contribution < -0.4 is 28.9 Å². The first-order valence-electron chi connectivity index (χ1n) is 33.1. The summed E-state index contributed by atoms with van der Waals surface area (Å²) in [5.74, 6) is 0.0330. The Kier molecular flexibility index (Phi) is 21.9. The Labute approximate surface area is 614 Å². The van der Waals surface area contributed by atoms with Crippen molar-refractivity contribution in [2.75, 3.05) is 101 Å². The van der Waals surface area contributed by atoms with Gasteiger partial charge in [0.25, 0.3) is 30.1 Å². The molecular weight excluding hydrogens is 1430 g/mol. The largest absolute Gasteiger partial charge is 0.369 e. The Hall–Kier alpha value is -10.2. The molecule has 3 aliphatic rings. The molecule has 3 saturated heterocycles. The molecule has 3 N–H and O–H groups in total. The van der Waals surface area contributed by atoms with E-state index in [1.165, 1.54) is 53.5 Å². The van der Waals surface area contributed by atoms with E-state index < -0.39 is 30.1 Å². The van der Waals surface area contributed by atoms with Crippen LogP contribution in [0.2, 0.25) is 0 Å². The first kappa shape index (κ1) is 71.3. The maximum absolute atomic E-state index is 13.9. The molecule has 2 atom stereocenters. The summed E-state index contributed by atoms with van der Waals surface area (Å²) in [6, 6.07) is 48.7. The van der Waals surface area contributed by atoms with Crippen molar-refractivity contribution < 1.29 is 44.9 Å². The first-order valence-corrected chi connectivity index (χ1v) is 40.2. The number of piperazine rings is 3. The third kappa shape index (κ3) is 17.2. The van der Waals surface area contributed by atoms with Crippen molar-refractivity contribution >= 4 is 131 Å². The molecule has 12 aromatic rings. The second-order valence-corrected chi connectivity index (χ2v) is 32.3. The van der Waals surface area contributed by atoms with Gasteiger partial charge in [-0.3, -0.25) is 28.7 Å². The maximum atomic E-state index is 13.9. The summed E-state index contributed by atoms with van der Waals surface area (Å²) in [6.07, 6.45) is 9.60. The third-order valence-corrected chi connectivity index (χ3v) is 24.7. The third-order valence-electron chi connectivity index (χ3n) is 18.0. The van der Waals surface area contributed by atoms with Gasteiger partial charge in [-0.2, -0.15) is 0 Å². The number of nitrogens with one attached hydrogen (secondary N) is 3. The molecule has 3 aliphatic heterocycles. The zero-order valence-electron chi connectivity index (χ0n) is 56.0. The number of benzene rings is 6. The van der Waals surface area contributed by atoms with Gasteiger partial charge in [0.1, 0.15) is 35.6 Å². The average molecular weight is 1510 g/mol. The normalized spacial score (nSPS) is 15.6. The number of fused-ring (bicyclic) bond motifs is 2. The number of carbonyl (C=O) groups excluding carboxylic acids is 2. The summed E-state index contributed by atoms with van der Waals surface area (Å²) in [5.41, 5.74) is 6.85. The van der Waals surface area contributed by atoms with E-state index in [1.54, 1.807) is 111 Å². The molecule has 6 aromatic heterocycles.